The first kappa shape index (κ1) is 5.89. The monoisotopic (exact) mass is 158 g/mol. The Morgan fingerprint density at radius 3 is 3.17 bits per heavy atom. The Kier molecular flexibility index (Phi) is 0.939. The van der Waals surface area contributed by atoms with E-state index < -0.39 is 0 Å². The summed E-state index contributed by atoms with van der Waals surface area (Å²) in [5.41, 5.74) is 0. The third-order valence-corrected chi connectivity index (χ3v) is 2.03. The molecule has 0 spiro atoms. The molecule has 1 aromatic heterocycles. The van der Waals surface area contributed by atoms with E-state index in [0.717, 1.165) is 22.3 Å². The van der Waals surface area contributed by atoms with Gasteiger partial charge in [0.1, 0.15) is 11.5 Å². The molecular weight excluding hydrogens is 152 g/mol. The number of ether oxygens (including phenoxy) is 1. The molecule has 0 radical (unpaired) electrons. The second-order valence-corrected chi connectivity index (χ2v) is 2.74. The fraction of sp³-hybridized carbons (Fsp3) is 0. The molecule has 0 amide bonds. The van der Waals surface area contributed by atoms with Crippen molar-refractivity contribution < 1.29 is 9.15 Å². The van der Waals surface area contributed by atoms with Gasteiger partial charge in [0.05, 0.1) is 17.9 Å². The van der Waals surface area contributed by atoms with Gasteiger partial charge in [0.2, 0.25) is 0 Å². The van der Waals surface area contributed by atoms with Crippen LogP contribution < -0.4 is 4.74 Å². The van der Waals surface area contributed by atoms with Crippen LogP contribution in [0, 0.1) is 0 Å². The molecule has 2 nitrogen and oxygen atoms in total. The van der Waals surface area contributed by atoms with E-state index in [2.05, 4.69) is 0 Å². The van der Waals surface area contributed by atoms with E-state index in [1.807, 2.05) is 24.3 Å². The van der Waals surface area contributed by atoms with E-state index in [9.17, 15) is 0 Å². The summed E-state index contributed by atoms with van der Waals surface area (Å²) in [6.07, 6.45) is 5.21. The lowest BCUT2D eigenvalue weighted by molar-refractivity contribution is 0.479. The minimum absolute atomic E-state index is 0.874. The zero-order valence-electron chi connectivity index (χ0n) is 6.28. The maximum absolute atomic E-state index is 5.33. The van der Waals surface area contributed by atoms with Crippen LogP contribution in [0.2, 0.25) is 0 Å². The van der Waals surface area contributed by atoms with Gasteiger partial charge in [0.15, 0.2) is 0 Å². The van der Waals surface area contributed by atoms with E-state index in [4.69, 9.17) is 9.15 Å². The van der Waals surface area contributed by atoms with Crippen LogP contribution in [-0.4, -0.2) is 0 Å². The largest absolute Gasteiger partial charge is 0.464 e. The molecule has 0 aliphatic carbocycles. The summed E-state index contributed by atoms with van der Waals surface area (Å²) in [5.74, 6) is 1.76. The molecule has 0 saturated carbocycles. The fourth-order valence-corrected chi connectivity index (χ4v) is 1.49. The number of furan rings is 1. The molecule has 1 aliphatic heterocycles. The predicted molar refractivity (Wildman–Crippen MR) is 45.9 cm³/mol. The molecule has 0 bridgehead atoms. The zero-order chi connectivity index (χ0) is 7.97. The molecule has 0 N–H and O–H groups in total. The summed E-state index contributed by atoms with van der Waals surface area (Å²) in [4.78, 5) is 0. The van der Waals surface area contributed by atoms with Crippen molar-refractivity contribution in [3.05, 3.63) is 36.5 Å². The summed E-state index contributed by atoms with van der Waals surface area (Å²) in [7, 11) is 0. The van der Waals surface area contributed by atoms with Gasteiger partial charge < -0.3 is 9.15 Å². The maximum atomic E-state index is 5.33. The Balaban J connectivity index is 2.57. The molecule has 58 valence electrons. The van der Waals surface area contributed by atoms with E-state index >= 15 is 0 Å². The van der Waals surface area contributed by atoms with E-state index in [-0.39, 0.29) is 0 Å². The van der Waals surface area contributed by atoms with Crippen LogP contribution >= 0.6 is 0 Å². The van der Waals surface area contributed by atoms with Crippen molar-refractivity contribution in [2.24, 2.45) is 0 Å². The fourth-order valence-electron chi connectivity index (χ4n) is 1.49. The third-order valence-electron chi connectivity index (χ3n) is 2.03. The lowest BCUT2D eigenvalue weighted by Crippen LogP contribution is -1.87. The minimum Gasteiger partial charge on any atom is -0.464 e. The van der Waals surface area contributed by atoms with Gasteiger partial charge in [-0.05, 0) is 6.07 Å². The summed E-state index contributed by atoms with van der Waals surface area (Å²) >= 11 is 0. The van der Waals surface area contributed by atoms with Crippen LogP contribution in [0.3, 0.4) is 0 Å². The quantitative estimate of drug-likeness (QED) is 0.588. The number of hydrogen-bond acceptors (Lipinski definition) is 2. The average Bonchev–Trinajstić information content (AvgIpc) is 2.52. The summed E-state index contributed by atoms with van der Waals surface area (Å²) < 4.78 is 10.6. The second-order valence-electron chi connectivity index (χ2n) is 2.74. The highest BCUT2D eigenvalue weighted by atomic mass is 16.5. The van der Waals surface area contributed by atoms with E-state index in [1.165, 1.54) is 0 Å². The van der Waals surface area contributed by atoms with Crippen LogP contribution in [0.1, 0.15) is 5.76 Å². The van der Waals surface area contributed by atoms with Crippen molar-refractivity contribution in [2.75, 3.05) is 0 Å². The lowest BCUT2D eigenvalue weighted by atomic mass is 10.1. The van der Waals surface area contributed by atoms with Gasteiger partial charge in [0, 0.05) is 11.5 Å². The van der Waals surface area contributed by atoms with Gasteiger partial charge in [0.25, 0.3) is 0 Å². The topological polar surface area (TPSA) is 22.4 Å². The molecule has 2 heteroatoms. The van der Waals surface area contributed by atoms with Gasteiger partial charge in [-0.3, -0.25) is 0 Å². The van der Waals surface area contributed by atoms with Crippen LogP contribution in [0.4, 0.5) is 0 Å². The predicted octanol–water partition coefficient (Wildman–Crippen LogP) is 2.80. The SMILES string of the molecule is C1=Cc2occ3cccc(c23)O1. The first-order chi connectivity index (χ1) is 5.95. The smallest absolute Gasteiger partial charge is 0.141 e. The van der Waals surface area contributed by atoms with E-state index in [1.54, 1.807) is 12.5 Å². The lowest BCUT2D eigenvalue weighted by Gasteiger charge is -2.05. The molecule has 0 fully saturated rings. The standard InChI is InChI=1S/C10H6O2/c1-2-7-6-12-9-4-5-11-8(3-1)10(7)9/h1-6H. The summed E-state index contributed by atoms with van der Waals surface area (Å²) in [5, 5.41) is 2.16. The third kappa shape index (κ3) is 0.593. The molecule has 12 heavy (non-hydrogen) atoms. The highest BCUT2D eigenvalue weighted by molar-refractivity contribution is 5.94. The van der Waals surface area contributed by atoms with Crippen molar-refractivity contribution in [3.63, 3.8) is 0 Å². The van der Waals surface area contributed by atoms with Crippen LogP contribution in [0.25, 0.3) is 16.8 Å². The second kappa shape index (κ2) is 1.91. The molecule has 2 aromatic rings. The van der Waals surface area contributed by atoms with Crippen molar-refractivity contribution in [1.29, 1.82) is 0 Å². The number of hydrogen-bond donors (Lipinski definition) is 0. The molecule has 0 saturated heterocycles. The summed E-state index contributed by atoms with van der Waals surface area (Å²) in [6.45, 7) is 0. The minimum atomic E-state index is 0.874. The van der Waals surface area contributed by atoms with Crippen molar-refractivity contribution in [3.8, 4) is 5.75 Å². The Morgan fingerprint density at radius 2 is 2.17 bits per heavy atom. The van der Waals surface area contributed by atoms with Crippen molar-refractivity contribution in [2.45, 2.75) is 0 Å². The van der Waals surface area contributed by atoms with Gasteiger partial charge in [-0.25, -0.2) is 0 Å². The number of rotatable bonds is 0. The van der Waals surface area contributed by atoms with Gasteiger partial charge in [-0.1, -0.05) is 12.1 Å². The van der Waals surface area contributed by atoms with Gasteiger partial charge in [-0.2, -0.15) is 0 Å². The van der Waals surface area contributed by atoms with Gasteiger partial charge in [-0.15, -0.1) is 0 Å². The Hall–Kier alpha value is -1.70. The molecule has 2 heterocycles. The van der Waals surface area contributed by atoms with Crippen LogP contribution in [0.5, 0.6) is 5.75 Å². The van der Waals surface area contributed by atoms with Crippen LogP contribution in [0.15, 0.2) is 35.1 Å². The highest BCUT2D eigenvalue weighted by Crippen LogP contribution is 2.33. The molecule has 1 aliphatic rings. The molecule has 3 rings (SSSR count). The highest BCUT2D eigenvalue weighted by Gasteiger charge is 2.11. The molecule has 0 unspecified atom stereocenters. The Morgan fingerprint density at radius 1 is 1.17 bits per heavy atom. The first-order valence-corrected chi connectivity index (χ1v) is 3.78. The normalized spacial score (nSPS) is 13.3. The molecule has 1 aromatic carbocycles. The number of benzene rings is 1. The summed E-state index contributed by atoms with van der Waals surface area (Å²) in [6, 6.07) is 5.90. The Labute approximate surface area is 69.1 Å². The van der Waals surface area contributed by atoms with Crippen molar-refractivity contribution >= 4 is 16.8 Å². The Bertz CT molecular complexity index is 466. The van der Waals surface area contributed by atoms with Crippen LogP contribution in [-0.2, 0) is 0 Å². The average molecular weight is 158 g/mol. The zero-order valence-corrected chi connectivity index (χ0v) is 6.28. The van der Waals surface area contributed by atoms with Gasteiger partial charge >= 0.3 is 0 Å². The van der Waals surface area contributed by atoms with Crippen molar-refractivity contribution in [1.82, 2.24) is 0 Å². The first-order valence-electron chi connectivity index (χ1n) is 3.78. The van der Waals surface area contributed by atoms with E-state index in [0.29, 0.717) is 0 Å². The molecular formula is C10H6O2. The molecule has 0 atom stereocenters. The maximum Gasteiger partial charge on any atom is 0.141 e.